The van der Waals surface area contributed by atoms with Gasteiger partial charge in [-0.05, 0) is 17.7 Å². The number of benzene rings is 1. The molecule has 16 heavy (non-hydrogen) atoms. The van der Waals surface area contributed by atoms with Gasteiger partial charge in [0.15, 0.2) is 0 Å². The van der Waals surface area contributed by atoms with Crippen LogP contribution in [0.15, 0.2) is 39.8 Å². The summed E-state index contributed by atoms with van der Waals surface area (Å²) in [5, 5.41) is 8.87. The van der Waals surface area contributed by atoms with Gasteiger partial charge in [-0.3, -0.25) is 0 Å². The summed E-state index contributed by atoms with van der Waals surface area (Å²) in [6.45, 7) is 0. The largest absolute Gasteiger partial charge is 0.410 e. The van der Waals surface area contributed by atoms with Crippen LogP contribution in [-0.4, -0.2) is 11.3 Å². The number of alkyl halides is 3. The Morgan fingerprint density at radius 3 is 2.25 bits per heavy atom. The Morgan fingerprint density at radius 1 is 1.31 bits per heavy atom. The lowest BCUT2D eigenvalue weighted by Crippen LogP contribution is -2.06. The highest BCUT2D eigenvalue weighted by atomic mass is 79.9. The van der Waals surface area contributed by atoms with Gasteiger partial charge in [0.25, 0.3) is 0 Å². The fraction of sp³-hybridized carbons (Fsp3) is 0.200. The second kappa shape index (κ2) is 5.21. The van der Waals surface area contributed by atoms with Crippen molar-refractivity contribution in [3.8, 4) is 0 Å². The lowest BCUT2D eigenvalue weighted by molar-refractivity contribution is -0.0808. The van der Waals surface area contributed by atoms with Gasteiger partial charge in [0.1, 0.15) is 6.10 Å². The minimum Gasteiger partial charge on any atom is -0.383 e. The van der Waals surface area contributed by atoms with Crippen molar-refractivity contribution in [1.29, 1.82) is 0 Å². The zero-order chi connectivity index (χ0) is 12.3. The molecule has 1 aromatic carbocycles. The van der Waals surface area contributed by atoms with Gasteiger partial charge < -0.3 is 5.11 Å². The van der Waals surface area contributed by atoms with Crippen LogP contribution in [0.2, 0.25) is 0 Å². The molecular weight excluding hydrogens is 308 g/mol. The first-order chi connectivity index (χ1) is 7.29. The van der Waals surface area contributed by atoms with Crippen molar-refractivity contribution in [2.24, 2.45) is 0 Å². The van der Waals surface area contributed by atoms with Gasteiger partial charge >= 0.3 is 6.18 Å². The van der Waals surface area contributed by atoms with Gasteiger partial charge in [0.05, 0.1) is 5.03 Å². The monoisotopic (exact) mass is 314 g/mol. The number of aliphatic hydroxyl groups excluding tert-OH is 1. The molecule has 0 spiro atoms. The van der Waals surface area contributed by atoms with E-state index in [0.29, 0.717) is 5.56 Å². The van der Waals surface area contributed by atoms with E-state index in [1.807, 2.05) is 0 Å². The van der Waals surface area contributed by atoms with Gasteiger partial charge in [-0.2, -0.15) is 13.2 Å². The molecule has 0 fully saturated rings. The predicted octanol–water partition coefficient (Wildman–Crippen LogP) is 4.17. The van der Waals surface area contributed by atoms with E-state index in [2.05, 4.69) is 15.9 Å². The van der Waals surface area contributed by atoms with Crippen molar-refractivity contribution < 1.29 is 18.3 Å². The van der Waals surface area contributed by atoms with Crippen molar-refractivity contribution in [2.75, 3.05) is 0 Å². The van der Waals surface area contributed by atoms with Gasteiger partial charge in [-0.1, -0.05) is 39.7 Å². The summed E-state index contributed by atoms with van der Waals surface area (Å²) in [6.07, 6.45) is -6.12. The summed E-state index contributed by atoms with van der Waals surface area (Å²) >= 11 is 8.54. The average Bonchev–Trinajstić information content (AvgIpc) is 2.15. The number of halogens is 5. The van der Waals surface area contributed by atoms with Gasteiger partial charge in [-0.25, -0.2) is 0 Å². The lowest BCUT2D eigenvalue weighted by atomic mass is 10.1. The standard InChI is InChI=1S/C10H7BrClF3O/c11-7-3-1-6(2-4-7)9(16)8(12)5-10(13,14)15/h1-5,9,16H/b8-5+. The Kier molecular flexibility index (Phi) is 4.41. The molecule has 1 N–H and O–H groups in total. The number of hydrogen-bond acceptors (Lipinski definition) is 1. The average molecular weight is 316 g/mol. The normalized spacial score (nSPS) is 15.0. The van der Waals surface area contributed by atoms with Crippen LogP contribution in [0.3, 0.4) is 0 Å². The molecule has 0 saturated carbocycles. The van der Waals surface area contributed by atoms with Crippen LogP contribution >= 0.6 is 27.5 Å². The van der Waals surface area contributed by atoms with E-state index in [9.17, 15) is 18.3 Å². The summed E-state index contributed by atoms with van der Waals surface area (Å²) in [5.41, 5.74) is 0.300. The van der Waals surface area contributed by atoms with Crippen molar-refractivity contribution in [2.45, 2.75) is 12.3 Å². The van der Waals surface area contributed by atoms with Crippen LogP contribution in [0.1, 0.15) is 11.7 Å². The molecule has 1 unspecified atom stereocenters. The fourth-order valence-corrected chi connectivity index (χ4v) is 1.55. The molecule has 1 atom stereocenters. The Bertz CT molecular complexity index is 386. The molecule has 1 nitrogen and oxygen atoms in total. The summed E-state index contributed by atoms with van der Waals surface area (Å²) < 4.78 is 36.7. The second-order valence-corrected chi connectivity index (χ2v) is 4.38. The third-order valence-electron chi connectivity index (χ3n) is 1.75. The first kappa shape index (κ1) is 13.5. The quantitative estimate of drug-likeness (QED) is 0.868. The molecule has 88 valence electrons. The van der Waals surface area contributed by atoms with Crippen molar-refractivity contribution >= 4 is 27.5 Å². The second-order valence-electron chi connectivity index (χ2n) is 3.02. The van der Waals surface area contributed by atoms with Crippen LogP contribution in [0, 0.1) is 0 Å². The van der Waals surface area contributed by atoms with Gasteiger partial charge in [0.2, 0.25) is 0 Å². The Labute approximate surface area is 104 Å². The molecule has 6 heteroatoms. The number of aliphatic hydroxyl groups is 1. The highest BCUT2D eigenvalue weighted by molar-refractivity contribution is 9.10. The zero-order valence-corrected chi connectivity index (χ0v) is 10.1. The number of allylic oxidation sites excluding steroid dienone is 1. The van der Waals surface area contributed by atoms with E-state index in [1.165, 1.54) is 12.1 Å². The summed E-state index contributed by atoms with van der Waals surface area (Å²) in [7, 11) is 0. The lowest BCUT2D eigenvalue weighted by Gasteiger charge is -2.11. The molecule has 1 rings (SSSR count). The maximum atomic E-state index is 12.0. The van der Waals surface area contributed by atoms with Crippen LogP contribution in [0.25, 0.3) is 0 Å². The molecule has 0 aliphatic rings. The van der Waals surface area contributed by atoms with Crippen LogP contribution in [0.5, 0.6) is 0 Å². The zero-order valence-electron chi connectivity index (χ0n) is 7.80. The third-order valence-corrected chi connectivity index (χ3v) is 2.59. The predicted molar refractivity (Wildman–Crippen MR) is 59.1 cm³/mol. The Balaban J connectivity index is 2.90. The molecule has 0 heterocycles. The number of rotatable bonds is 2. The molecule has 0 amide bonds. The number of hydrogen-bond donors (Lipinski definition) is 1. The highest BCUT2D eigenvalue weighted by Crippen LogP contribution is 2.29. The molecule has 0 aliphatic carbocycles. The Hall–Kier alpha value is -0.520. The van der Waals surface area contributed by atoms with E-state index in [0.717, 1.165) is 4.47 Å². The van der Waals surface area contributed by atoms with E-state index in [-0.39, 0.29) is 6.08 Å². The first-order valence-electron chi connectivity index (χ1n) is 4.18. The van der Waals surface area contributed by atoms with E-state index >= 15 is 0 Å². The highest BCUT2D eigenvalue weighted by Gasteiger charge is 2.26. The van der Waals surface area contributed by atoms with Crippen molar-refractivity contribution in [3.05, 3.63) is 45.4 Å². The van der Waals surface area contributed by atoms with Crippen molar-refractivity contribution in [1.82, 2.24) is 0 Å². The molecule has 1 aromatic rings. The fourth-order valence-electron chi connectivity index (χ4n) is 1.04. The molecular formula is C10H7BrClF3O. The van der Waals surface area contributed by atoms with Crippen LogP contribution in [-0.2, 0) is 0 Å². The smallest absolute Gasteiger partial charge is 0.383 e. The maximum Gasteiger partial charge on any atom is 0.410 e. The van der Waals surface area contributed by atoms with Gasteiger partial charge in [0, 0.05) is 10.5 Å². The summed E-state index contributed by atoms with van der Waals surface area (Å²) in [5.74, 6) is 0. The minimum atomic E-state index is -4.53. The van der Waals surface area contributed by atoms with Gasteiger partial charge in [-0.15, -0.1) is 0 Å². The topological polar surface area (TPSA) is 20.2 Å². The van der Waals surface area contributed by atoms with Crippen molar-refractivity contribution in [3.63, 3.8) is 0 Å². The third kappa shape index (κ3) is 4.15. The van der Waals surface area contributed by atoms with E-state index < -0.39 is 17.3 Å². The van der Waals surface area contributed by atoms with E-state index in [4.69, 9.17) is 11.6 Å². The van der Waals surface area contributed by atoms with Crippen LogP contribution < -0.4 is 0 Å². The molecule has 0 aromatic heterocycles. The molecule has 0 radical (unpaired) electrons. The minimum absolute atomic E-state index is 0.124. The summed E-state index contributed by atoms with van der Waals surface area (Å²) in [4.78, 5) is 0. The molecule has 0 saturated heterocycles. The SMILES string of the molecule is OC(/C(Cl)=C\C(F)(F)F)c1ccc(Br)cc1. The van der Waals surface area contributed by atoms with Crippen LogP contribution in [0.4, 0.5) is 13.2 Å². The first-order valence-corrected chi connectivity index (χ1v) is 5.35. The molecule has 0 bridgehead atoms. The maximum absolute atomic E-state index is 12.0. The van der Waals surface area contributed by atoms with E-state index in [1.54, 1.807) is 12.1 Å². The molecule has 0 aliphatic heterocycles. The Morgan fingerprint density at radius 2 is 1.81 bits per heavy atom. The summed E-state index contributed by atoms with van der Waals surface area (Å²) in [6, 6.07) is 6.19.